The number of ether oxygens (including phenoxy) is 1. The molecule has 20 heavy (non-hydrogen) atoms. The summed E-state index contributed by atoms with van der Waals surface area (Å²) in [4.78, 5) is 0. The molecule has 0 radical (unpaired) electrons. The van der Waals surface area contributed by atoms with Crippen molar-refractivity contribution < 1.29 is 4.74 Å². The van der Waals surface area contributed by atoms with Gasteiger partial charge in [-0.15, -0.1) is 11.8 Å². The Hall–Kier alpha value is -0.630. The van der Waals surface area contributed by atoms with Crippen molar-refractivity contribution in [3.63, 3.8) is 0 Å². The monoisotopic (exact) mass is 288 g/mol. The highest BCUT2D eigenvalue weighted by Crippen LogP contribution is 2.59. The molecule has 0 N–H and O–H groups in total. The maximum Gasteiger partial charge on any atom is 0.124 e. The lowest BCUT2D eigenvalue weighted by molar-refractivity contribution is 0.00694. The second-order valence-electron chi connectivity index (χ2n) is 7.23. The molecule has 0 bridgehead atoms. The van der Waals surface area contributed by atoms with Crippen LogP contribution in [0.15, 0.2) is 24.3 Å². The highest BCUT2D eigenvalue weighted by Gasteiger charge is 2.49. The van der Waals surface area contributed by atoms with Gasteiger partial charge in [0.1, 0.15) is 11.4 Å². The molecule has 3 aliphatic rings. The van der Waals surface area contributed by atoms with Crippen molar-refractivity contribution in [2.24, 2.45) is 11.8 Å². The van der Waals surface area contributed by atoms with Gasteiger partial charge in [0.25, 0.3) is 0 Å². The van der Waals surface area contributed by atoms with E-state index in [4.69, 9.17) is 4.74 Å². The third-order valence-electron chi connectivity index (χ3n) is 5.57. The van der Waals surface area contributed by atoms with E-state index in [-0.39, 0.29) is 5.60 Å². The highest BCUT2D eigenvalue weighted by atomic mass is 32.2. The van der Waals surface area contributed by atoms with E-state index in [1.165, 1.54) is 37.7 Å². The Balaban J connectivity index is 1.72. The summed E-state index contributed by atoms with van der Waals surface area (Å²) in [5.74, 6) is 2.73. The highest BCUT2D eigenvalue weighted by molar-refractivity contribution is 8.00. The van der Waals surface area contributed by atoms with Gasteiger partial charge >= 0.3 is 0 Å². The summed E-state index contributed by atoms with van der Waals surface area (Å²) in [5.41, 5.74) is 1.43. The fourth-order valence-corrected chi connectivity index (χ4v) is 6.58. The largest absolute Gasteiger partial charge is 0.487 e. The summed E-state index contributed by atoms with van der Waals surface area (Å²) in [6.07, 6.45) is 7.12. The van der Waals surface area contributed by atoms with E-state index < -0.39 is 0 Å². The minimum absolute atomic E-state index is 0.0194. The van der Waals surface area contributed by atoms with Crippen molar-refractivity contribution in [2.75, 3.05) is 0 Å². The zero-order valence-corrected chi connectivity index (χ0v) is 13.3. The van der Waals surface area contributed by atoms with E-state index in [0.717, 1.165) is 16.9 Å². The number of hydrogen-bond acceptors (Lipinski definition) is 2. The maximum atomic E-state index is 6.36. The van der Waals surface area contributed by atoms with Gasteiger partial charge in [-0.3, -0.25) is 0 Å². The van der Waals surface area contributed by atoms with Crippen LogP contribution in [0.5, 0.6) is 5.75 Å². The van der Waals surface area contributed by atoms with Crippen molar-refractivity contribution >= 4 is 11.8 Å². The predicted octanol–water partition coefficient (Wildman–Crippen LogP) is 5.21. The third kappa shape index (κ3) is 1.99. The summed E-state index contributed by atoms with van der Waals surface area (Å²) in [7, 11) is 0. The van der Waals surface area contributed by atoms with Crippen molar-refractivity contribution in [3.8, 4) is 5.75 Å². The standard InChI is InChI=1S/C18H24OS/c1-18(2)14-11-12-7-3-6-10-16(12)20-17(14)13-8-4-5-9-15(13)19-18/h4-5,8-9,12,14,16-17H,3,6-7,10-11H2,1-2H3/t12-,14-,16-,17+/m1/s1. The molecule has 0 amide bonds. The molecule has 4 atom stereocenters. The molecule has 0 unspecified atom stereocenters. The molecule has 2 fully saturated rings. The summed E-state index contributed by atoms with van der Waals surface area (Å²) in [5, 5.41) is 1.54. The first kappa shape index (κ1) is 13.1. The second kappa shape index (κ2) is 4.69. The van der Waals surface area contributed by atoms with E-state index in [1.807, 2.05) is 0 Å². The Morgan fingerprint density at radius 1 is 1.15 bits per heavy atom. The summed E-state index contributed by atoms with van der Waals surface area (Å²) in [6.45, 7) is 4.59. The van der Waals surface area contributed by atoms with Crippen LogP contribution in [0.25, 0.3) is 0 Å². The van der Waals surface area contributed by atoms with Crippen LogP contribution in [-0.4, -0.2) is 10.9 Å². The molecule has 2 heteroatoms. The molecule has 1 aromatic rings. The van der Waals surface area contributed by atoms with Gasteiger partial charge in [0.2, 0.25) is 0 Å². The molecular weight excluding hydrogens is 264 g/mol. The number of benzene rings is 1. The molecule has 2 heterocycles. The van der Waals surface area contributed by atoms with Crippen LogP contribution in [0.3, 0.4) is 0 Å². The van der Waals surface area contributed by atoms with Crippen molar-refractivity contribution in [2.45, 2.75) is 62.1 Å². The third-order valence-corrected chi connectivity index (χ3v) is 7.42. The Labute approximate surface area is 126 Å². The molecule has 108 valence electrons. The fraction of sp³-hybridized carbons (Fsp3) is 0.667. The zero-order valence-electron chi connectivity index (χ0n) is 12.5. The van der Waals surface area contributed by atoms with Gasteiger partial charge in [-0.2, -0.15) is 0 Å². The predicted molar refractivity (Wildman–Crippen MR) is 85.3 cm³/mol. The summed E-state index contributed by atoms with van der Waals surface area (Å²) in [6, 6.07) is 8.72. The Kier molecular flexibility index (Phi) is 3.06. The number of thioether (sulfide) groups is 1. The van der Waals surface area contributed by atoms with Crippen LogP contribution in [0, 0.1) is 11.8 Å². The number of hydrogen-bond donors (Lipinski definition) is 0. The van der Waals surface area contributed by atoms with Gasteiger partial charge in [-0.05, 0) is 45.1 Å². The average molecular weight is 288 g/mol. The second-order valence-corrected chi connectivity index (χ2v) is 8.61. The van der Waals surface area contributed by atoms with Crippen LogP contribution in [0.4, 0.5) is 0 Å². The Morgan fingerprint density at radius 3 is 2.85 bits per heavy atom. The van der Waals surface area contributed by atoms with Crippen LogP contribution in [-0.2, 0) is 0 Å². The van der Waals surface area contributed by atoms with E-state index >= 15 is 0 Å². The van der Waals surface area contributed by atoms with Crippen LogP contribution < -0.4 is 4.74 Å². The molecule has 1 saturated carbocycles. The number of rotatable bonds is 0. The zero-order chi connectivity index (χ0) is 13.7. The van der Waals surface area contributed by atoms with Crippen molar-refractivity contribution in [1.29, 1.82) is 0 Å². The van der Waals surface area contributed by atoms with E-state index in [0.29, 0.717) is 11.2 Å². The van der Waals surface area contributed by atoms with E-state index in [2.05, 4.69) is 49.9 Å². The van der Waals surface area contributed by atoms with Gasteiger partial charge in [-0.1, -0.05) is 31.0 Å². The molecule has 1 aromatic carbocycles. The first-order valence-electron chi connectivity index (χ1n) is 8.08. The Bertz CT molecular complexity index is 510. The van der Waals surface area contributed by atoms with Gasteiger partial charge in [0, 0.05) is 22.0 Å². The minimum atomic E-state index is -0.0194. The number of para-hydroxylation sites is 1. The summed E-state index contributed by atoms with van der Waals surface area (Å²) >= 11 is 2.26. The van der Waals surface area contributed by atoms with Gasteiger partial charge in [-0.25, -0.2) is 0 Å². The topological polar surface area (TPSA) is 9.23 Å². The quantitative estimate of drug-likeness (QED) is 0.648. The average Bonchev–Trinajstić information content (AvgIpc) is 2.45. The molecule has 1 saturated heterocycles. The number of fused-ring (bicyclic) bond motifs is 4. The molecular formula is C18H24OS. The van der Waals surface area contributed by atoms with Crippen molar-refractivity contribution in [3.05, 3.63) is 29.8 Å². The Morgan fingerprint density at radius 2 is 1.95 bits per heavy atom. The lowest BCUT2D eigenvalue weighted by atomic mass is 9.72. The molecule has 1 nitrogen and oxygen atoms in total. The van der Waals surface area contributed by atoms with Crippen LogP contribution >= 0.6 is 11.8 Å². The maximum absolute atomic E-state index is 6.36. The first-order chi connectivity index (χ1) is 9.65. The smallest absolute Gasteiger partial charge is 0.124 e. The minimum Gasteiger partial charge on any atom is -0.487 e. The van der Waals surface area contributed by atoms with Crippen LogP contribution in [0.1, 0.15) is 56.8 Å². The lowest BCUT2D eigenvalue weighted by Crippen LogP contribution is -2.48. The van der Waals surface area contributed by atoms with Gasteiger partial charge < -0.3 is 4.74 Å². The fourth-order valence-electron chi connectivity index (χ4n) is 4.46. The molecule has 1 aliphatic carbocycles. The summed E-state index contributed by atoms with van der Waals surface area (Å²) < 4.78 is 6.36. The van der Waals surface area contributed by atoms with Gasteiger partial charge in [0.05, 0.1) is 0 Å². The molecule has 0 aromatic heterocycles. The van der Waals surface area contributed by atoms with Crippen molar-refractivity contribution in [1.82, 2.24) is 0 Å². The van der Waals surface area contributed by atoms with E-state index in [9.17, 15) is 0 Å². The van der Waals surface area contributed by atoms with Crippen LogP contribution in [0.2, 0.25) is 0 Å². The molecule has 0 spiro atoms. The first-order valence-corrected chi connectivity index (χ1v) is 9.03. The lowest BCUT2D eigenvalue weighted by Gasteiger charge is -2.52. The molecule has 4 rings (SSSR count). The van der Waals surface area contributed by atoms with E-state index in [1.54, 1.807) is 0 Å². The SMILES string of the molecule is CC1(C)Oc2ccccc2[C@@H]2S[C@@H]3CCCC[C@@H]3C[C@H]21. The normalized spacial score (nSPS) is 38.1. The van der Waals surface area contributed by atoms with Gasteiger partial charge in [0.15, 0.2) is 0 Å². The molecule has 2 aliphatic heterocycles.